The van der Waals surface area contributed by atoms with Crippen molar-refractivity contribution < 1.29 is 28.2 Å². The summed E-state index contributed by atoms with van der Waals surface area (Å²) in [5.74, 6) is -1.35. The van der Waals surface area contributed by atoms with E-state index in [0.29, 0.717) is 6.29 Å². The van der Waals surface area contributed by atoms with Crippen LogP contribution in [0.15, 0.2) is 18.2 Å². The van der Waals surface area contributed by atoms with Crippen molar-refractivity contribution in [2.75, 3.05) is 13.7 Å². The maximum atomic E-state index is 13.0. The molecule has 98 valence electrons. The summed E-state index contributed by atoms with van der Waals surface area (Å²) in [6.45, 7) is 1.95. The lowest BCUT2D eigenvalue weighted by atomic mass is 10.2. The molecular weight excluding hydrogens is 243 g/mol. The lowest BCUT2D eigenvalue weighted by molar-refractivity contribution is -0.136. The number of carbonyl (C=O) groups is 2. The number of rotatable bonds is 6. The van der Waals surface area contributed by atoms with Crippen molar-refractivity contribution in [3.63, 3.8) is 0 Å². The molecule has 0 bridgehead atoms. The van der Waals surface area contributed by atoms with E-state index in [1.165, 1.54) is 6.07 Å². The van der Waals surface area contributed by atoms with Crippen LogP contribution in [0.5, 0.6) is 5.75 Å². The minimum absolute atomic E-state index is 0.0220. The van der Waals surface area contributed by atoms with Gasteiger partial charge >= 0.3 is 5.97 Å². The van der Waals surface area contributed by atoms with Crippen molar-refractivity contribution in [1.82, 2.24) is 0 Å². The van der Waals surface area contributed by atoms with E-state index in [9.17, 15) is 14.0 Å². The highest BCUT2D eigenvalue weighted by molar-refractivity contribution is 5.92. The first kappa shape index (κ1) is 14.1. The van der Waals surface area contributed by atoms with Crippen LogP contribution in [-0.2, 0) is 14.3 Å². The van der Waals surface area contributed by atoms with Crippen LogP contribution in [0.3, 0.4) is 0 Å². The summed E-state index contributed by atoms with van der Waals surface area (Å²) in [4.78, 5) is 22.1. The summed E-state index contributed by atoms with van der Waals surface area (Å²) >= 11 is 0. The molecule has 0 heterocycles. The molecule has 0 radical (unpaired) electrons. The van der Waals surface area contributed by atoms with Gasteiger partial charge in [-0.25, -0.2) is 9.18 Å². The highest BCUT2D eigenvalue weighted by Crippen LogP contribution is 2.21. The molecule has 1 unspecified atom stereocenters. The molecule has 0 saturated heterocycles. The Labute approximate surface area is 103 Å². The van der Waals surface area contributed by atoms with Gasteiger partial charge in [0, 0.05) is 6.61 Å². The van der Waals surface area contributed by atoms with Gasteiger partial charge in [-0.3, -0.25) is 4.79 Å². The Bertz CT molecular complexity index is 432. The number of halogens is 1. The Morgan fingerprint density at radius 1 is 1.50 bits per heavy atom. The molecule has 0 aliphatic carbocycles. The molecule has 0 saturated carbocycles. The summed E-state index contributed by atoms with van der Waals surface area (Å²) < 4.78 is 27.7. The van der Waals surface area contributed by atoms with E-state index in [1.807, 2.05) is 0 Å². The third kappa shape index (κ3) is 3.53. The molecule has 0 aliphatic heterocycles. The van der Waals surface area contributed by atoms with Crippen LogP contribution in [0.25, 0.3) is 0 Å². The number of benzene rings is 1. The third-order valence-electron chi connectivity index (χ3n) is 2.03. The number of ether oxygens (including phenoxy) is 3. The van der Waals surface area contributed by atoms with E-state index >= 15 is 0 Å². The van der Waals surface area contributed by atoms with Crippen LogP contribution >= 0.6 is 0 Å². The van der Waals surface area contributed by atoms with Gasteiger partial charge in [-0.1, -0.05) is 0 Å². The van der Waals surface area contributed by atoms with E-state index in [4.69, 9.17) is 9.47 Å². The number of carbonyl (C=O) groups excluding carboxylic acids is 2. The lowest BCUT2D eigenvalue weighted by Gasteiger charge is -2.15. The van der Waals surface area contributed by atoms with Crippen LogP contribution in [0.1, 0.15) is 17.3 Å². The van der Waals surface area contributed by atoms with Gasteiger partial charge < -0.3 is 14.2 Å². The summed E-state index contributed by atoms with van der Waals surface area (Å²) in [7, 11) is 1.16. The van der Waals surface area contributed by atoms with Crippen molar-refractivity contribution in [1.29, 1.82) is 0 Å². The highest BCUT2D eigenvalue weighted by atomic mass is 19.1. The van der Waals surface area contributed by atoms with Crippen LogP contribution in [0.2, 0.25) is 0 Å². The molecule has 0 spiro atoms. The van der Waals surface area contributed by atoms with Gasteiger partial charge in [-0.2, -0.15) is 0 Å². The van der Waals surface area contributed by atoms with Gasteiger partial charge in [0.05, 0.1) is 7.11 Å². The molecule has 1 aromatic rings. The molecule has 1 rings (SSSR count). The number of hydrogen-bond acceptors (Lipinski definition) is 5. The first-order valence-electron chi connectivity index (χ1n) is 5.23. The van der Waals surface area contributed by atoms with E-state index in [-0.39, 0.29) is 17.9 Å². The fourth-order valence-electron chi connectivity index (χ4n) is 1.26. The van der Waals surface area contributed by atoms with Gasteiger partial charge in [-0.05, 0) is 25.1 Å². The average molecular weight is 256 g/mol. The minimum atomic E-state index is -1.15. The number of esters is 1. The van der Waals surface area contributed by atoms with Gasteiger partial charge in [0.1, 0.15) is 17.1 Å². The van der Waals surface area contributed by atoms with E-state index < -0.39 is 18.1 Å². The van der Waals surface area contributed by atoms with Crippen LogP contribution in [0, 0.1) is 5.82 Å². The average Bonchev–Trinajstić information content (AvgIpc) is 2.39. The molecule has 18 heavy (non-hydrogen) atoms. The van der Waals surface area contributed by atoms with Gasteiger partial charge in [0.15, 0.2) is 6.29 Å². The smallest absolute Gasteiger partial charge is 0.341 e. The number of hydrogen-bond donors (Lipinski definition) is 0. The van der Waals surface area contributed by atoms with E-state index in [0.717, 1.165) is 19.2 Å². The van der Waals surface area contributed by atoms with E-state index in [2.05, 4.69) is 4.74 Å². The molecule has 5 nitrogen and oxygen atoms in total. The summed E-state index contributed by atoms with van der Waals surface area (Å²) in [6, 6.07) is 3.31. The Hall–Kier alpha value is -1.95. The second-order valence-corrected chi connectivity index (χ2v) is 3.21. The Morgan fingerprint density at radius 3 is 2.78 bits per heavy atom. The van der Waals surface area contributed by atoms with Crippen LogP contribution < -0.4 is 4.74 Å². The standard InChI is InChI=1S/C12H13FO5/c1-3-17-11(7-14)18-10-5-4-8(13)6-9(10)12(15)16-2/h4-7,11H,3H2,1-2H3. The quantitative estimate of drug-likeness (QED) is 0.439. The van der Waals surface area contributed by atoms with Crippen molar-refractivity contribution in [2.24, 2.45) is 0 Å². The highest BCUT2D eigenvalue weighted by Gasteiger charge is 2.17. The van der Waals surface area contributed by atoms with Crippen molar-refractivity contribution in [2.45, 2.75) is 13.2 Å². The first-order valence-corrected chi connectivity index (χ1v) is 5.23. The Morgan fingerprint density at radius 2 is 2.22 bits per heavy atom. The summed E-state index contributed by atoms with van der Waals surface area (Å²) in [5, 5.41) is 0. The predicted molar refractivity (Wildman–Crippen MR) is 59.8 cm³/mol. The first-order chi connectivity index (χ1) is 8.62. The Kier molecular flexibility index (Phi) is 5.26. The fraction of sp³-hybridized carbons (Fsp3) is 0.333. The van der Waals surface area contributed by atoms with Gasteiger partial charge in [0.2, 0.25) is 0 Å². The van der Waals surface area contributed by atoms with Crippen molar-refractivity contribution >= 4 is 12.3 Å². The minimum Gasteiger partial charge on any atom is -0.465 e. The number of methoxy groups -OCH3 is 1. The maximum absolute atomic E-state index is 13.0. The monoisotopic (exact) mass is 256 g/mol. The molecule has 0 amide bonds. The van der Waals surface area contributed by atoms with Crippen molar-refractivity contribution in [3.8, 4) is 5.75 Å². The summed E-state index contributed by atoms with van der Waals surface area (Å²) in [6.07, 6.45) is -0.711. The fourth-order valence-corrected chi connectivity index (χ4v) is 1.26. The second-order valence-electron chi connectivity index (χ2n) is 3.21. The van der Waals surface area contributed by atoms with Crippen LogP contribution in [0.4, 0.5) is 4.39 Å². The molecule has 6 heteroatoms. The molecule has 0 fully saturated rings. The van der Waals surface area contributed by atoms with Crippen molar-refractivity contribution in [3.05, 3.63) is 29.6 Å². The second kappa shape index (κ2) is 6.70. The zero-order chi connectivity index (χ0) is 13.5. The zero-order valence-corrected chi connectivity index (χ0v) is 10.0. The topological polar surface area (TPSA) is 61.8 Å². The molecular formula is C12H13FO5. The molecule has 0 aromatic heterocycles. The summed E-state index contributed by atoms with van der Waals surface area (Å²) in [5.41, 5.74) is -0.107. The van der Waals surface area contributed by atoms with Crippen LogP contribution in [-0.4, -0.2) is 32.3 Å². The molecule has 0 N–H and O–H groups in total. The largest absolute Gasteiger partial charge is 0.465 e. The number of aldehydes is 1. The zero-order valence-electron chi connectivity index (χ0n) is 10.0. The Balaban J connectivity index is 3.00. The molecule has 1 atom stereocenters. The third-order valence-corrected chi connectivity index (χ3v) is 2.03. The maximum Gasteiger partial charge on any atom is 0.341 e. The van der Waals surface area contributed by atoms with E-state index in [1.54, 1.807) is 6.92 Å². The normalized spacial score (nSPS) is 11.7. The van der Waals surface area contributed by atoms with Gasteiger partial charge in [0.25, 0.3) is 6.29 Å². The lowest BCUT2D eigenvalue weighted by Crippen LogP contribution is -2.23. The molecule has 1 aromatic carbocycles. The molecule has 0 aliphatic rings. The SMILES string of the molecule is CCOC(C=O)Oc1ccc(F)cc1C(=O)OC. The predicted octanol–water partition coefficient (Wildman–Crippen LogP) is 1.55. The van der Waals surface area contributed by atoms with Gasteiger partial charge in [-0.15, -0.1) is 0 Å².